The minimum Gasteiger partial charge on any atom is -0.466 e. The van der Waals surface area contributed by atoms with Crippen molar-refractivity contribution in [1.82, 2.24) is 0 Å². The molecule has 18 heavy (non-hydrogen) atoms. The molecule has 0 heterocycles. The van der Waals surface area contributed by atoms with Crippen molar-refractivity contribution in [2.45, 2.75) is 31.4 Å². The summed E-state index contributed by atoms with van der Waals surface area (Å²) in [7, 11) is -3.61. The van der Waals surface area contributed by atoms with Crippen LogP contribution in [0, 0.1) is 17.2 Å². The van der Waals surface area contributed by atoms with Gasteiger partial charge in [-0.25, -0.2) is 8.42 Å². The minimum atomic E-state index is -3.61. The molecule has 0 unspecified atom stereocenters. The second-order valence-electron chi connectivity index (χ2n) is 4.30. The summed E-state index contributed by atoms with van der Waals surface area (Å²) in [6, 6.07) is 1.85. The highest BCUT2D eigenvalue weighted by Gasteiger charge is 2.54. The Bertz CT molecular complexity index is 503. The lowest BCUT2D eigenvalue weighted by Crippen LogP contribution is -2.37. The number of esters is 1. The summed E-state index contributed by atoms with van der Waals surface area (Å²) in [4.78, 5) is 11.6. The van der Waals surface area contributed by atoms with E-state index >= 15 is 0 Å². The van der Waals surface area contributed by atoms with E-state index in [2.05, 4.69) is 6.58 Å². The number of rotatable bonds is 4. The number of hydrogen-bond acceptors (Lipinski definition) is 5. The molecule has 0 aromatic carbocycles. The van der Waals surface area contributed by atoms with Gasteiger partial charge in [-0.3, -0.25) is 4.79 Å². The van der Waals surface area contributed by atoms with Gasteiger partial charge in [0, 0.05) is 5.75 Å². The van der Waals surface area contributed by atoms with E-state index < -0.39 is 26.5 Å². The van der Waals surface area contributed by atoms with Crippen LogP contribution >= 0.6 is 0 Å². The van der Waals surface area contributed by atoms with E-state index in [1.54, 1.807) is 6.92 Å². The Kier molecular flexibility index (Phi) is 4.17. The van der Waals surface area contributed by atoms with E-state index in [4.69, 9.17) is 4.74 Å². The van der Waals surface area contributed by atoms with Gasteiger partial charge in [0.25, 0.3) is 0 Å². The first kappa shape index (κ1) is 14.7. The summed E-state index contributed by atoms with van der Waals surface area (Å²) >= 11 is 0. The van der Waals surface area contributed by atoms with Crippen LogP contribution in [0.25, 0.3) is 0 Å². The van der Waals surface area contributed by atoms with Crippen LogP contribution in [-0.4, -0.2) is 31.5 Å². The molecule has 0 aromatic heterocycles. The minimum absolute atomic E-state index is 0.0443. The molecule has 100 valence electrons. The third kappa shape index (κ3) is 2.15. The summed E-state index contributed by atoms with van der Waals surface area (Å²) in [5.41, 5.74) is 0.296. The van der Waals surface area contributed by atoms with Crippen molar-refractivity contribution >= 4 is 15.8 Å². The monoisotopic (exact) mass is 271 g/mol. The lowest BCUT2D eigenvalue weighted by atomic mass is 10.0. The van der Waals surface area contributed by atoms with Crippen molar-refractivity contribution < 1.29 is 17.9 Å². The maximum absolute atomic E-state index is 12.1. The molecule has 0 bridgehead atoms. The molecule has 1 rings (SSSR count). The van der Waals surface area contributed by atoms with Gasteiger partial charge < -0.3 is 4.74 Å². The molecule has 1 fully saturated rings. The molecular weight excluding hydrogens is 254 g/mol. The molecule has 0 N–H and O–H groups in total. The van der Waals surface area contributed by atoms with Crippen LogP contribution in [0.2, 0.25) is 0 Å². The normalized spacial score (nSPS) is 27.8. The van der Waals surface area contributed by atoms with E-state index in [1.807, 2.05) is 6.07 Å². The summed E-state index contributed by atoms with van der Waals surface area (Å²) in [6.07, 6.45) is 0.156. The van der Waals surface area contributed by atoms with Crippen LogP contribution in [-0.2, 0) is 19.4 Å². The second-order valence-corrected chi connectivity index (χ2v) is 6.81. The molecule has 6 heteroatoms. The zero-order chi connectivity index (χ0) is 14.0. The van der Waals surface area contributed by atoms with E-state index in [9.17, 15) is 18.5 Å². The zero-order valence-corrected chi connectivity index (χ0v) is 11.4. The second kappa shape index (κ2) is 5.11. The molecule has 0 saturated heterocycles. The smallest absolute Gasteiger partial charge is 0.309 e. The third-order valence-electron chi connectivity index (χ3n) is 3.31. The number of nitriles is 1. The number of nitrogens with zero attached hydrogens (tertiary/aromatic N) is 1. The third-order valence-corrected chi connectivity index (χ3v) is 5.68. The zero-order valence-electron chi connectivity index (χ0n) is 10.6. The van der Waals surface area contributed by atoms with E-state index in [0.717, 1.165) is 0 Å². The average Bonchev–Trinajstić information content (AvgIpc) is 2.68. The topological polar surface area (TPSA) is 84.2 Å². The van der Waals surface area contributed by atoms with Crippen molar-refractivity contribution in [3.63, 3.8) is 0 Å². The van der Waals surface area contributed by atoms with Gasteiger partial charge in [-0.2, -0.15) is 5.26 Å². The standard InChI is InChI=1S/C12H17NO4S/c1-4-17-11(14)10-6-9(3)12(7-10,8-13)18(15,16)5-2/h10H,3-7H2,1-2H3/t10-,12-/m1/s1. The number of carbonyl (C=O) groups excluding carboxylic acids is 1. The SMILES string of the molecule is C=C1C[C@@H](C(=O)OCC)C[C@]1(C#N)S(=O)(=O)CC. The van der Waals surface area contributed by atoms with E-state index in [1.165, 1.54) is 6.92 Å². The first-order valence-corrected chi connectivity index (χ1v) is 7.48. The average molecular weight is 271 g/mol. The fourth-order valence-corrected chi connectivity index (χ4v) is 3.85. The lowest BCUT2D eigenvalue weighted by Gasteiger charge is -2.21. The summed E-state index contributed by atoms with van der Waals surface area (Å²) in [5.74, 6) is -1.18. The summed E-state index contributed by atoms with van der Waals surface area (Å²) < 4.78 is 27.4. The molecule has 1 aliphatic carbocycles. The number of sulfone groups is 1. The Hall–Kier alpha value is -1.35. The highest BCUT2D eigenvalue weighted by Crippen LogP contribution is 2.44. The molecule has 0 aliphatic heterocycles. The van der Waals surface area contributed by atoms with Crippen LogP contribution in [0.5, 0.6) is 0 Å². The molecule has 0 aromatic rings. The van der Waals surface area contributed by atoms with Gasteiger partial charge in [-0.05, 0) is 25.3 Å². The molecular formula is C12H17NO4S. The Morgan fingerprint density at radius 3 is 2.67 bits per heavy atom. The Morgan fingerprint density at radius 1 is 1.61 bits per heavy atom. The van der Waals surface area contributed by atoms with Gasteiger partial charge in [0.15, 0.2) is 14.6 Å². The maximum atomic E-state index is 12.1. The summed E-state index contributed by atoms with van der Waals surface area (Å²) in [6.45, 7) is 7.08. The van der Waals surface area contributed by atoms with Crippen LogP contribution in [0.15, 0.2) is 12.2 Å². The highest BCUT2D eigenvalue weighted by atomic mass is 32.2. The molecule has 0 spiro atoms. The predicted molar refractivity (Wildman–Crippen MR) is 66.3 cm³/mol. The van der Waals surface area contributed by atoms with Crippen LogP contribution in [0.3, 0.4) is 0 Å². The lowest BCUT2D eigenvalue weighted by molar-refractivity contribution is -0.147. The molecule has 2 atom stereocenters. The van der Waals surface area contributed by atoms with Gasteiger partial charge >= 0.3 is 5.97 Å². The molecule has 5 nitrogen and oxygen atoms in total. The largest absolute Gasteiger partial charge is 0.466 e. The quantitative estimate of drug-likeness (QED) is 0.567. The van der Waals surface area contributed by atoms with Gasteiger partial charge in [0.1, 0.15) is 0 Å². The van der Waals surface area contributed by atoms with Crippen molar-refractivity contribution in [1.29, 1.82) is 5.26 Å². The van der Waals surface area contributed by atoms with Crippen LogP contribution in [0.4, 0.5) is 0 Å². The number of hydrogen-bond donors (Lipinski definition) is 0. The van der Waals surface area contributed by atoms with Crippen molar-refractivity contribution in [2.24, 2.45) is 5.92 Å². The Balaban J connectivity index is 3.10. The number of ether oxygens (including phenoxy) is 1. The predicted octanol–water partition coefficient (Wildman–Crippen LogP) is 1.21. The van der Waals surface area contributed by atoms with Crippen LogP contribution in [0.1, 0.15) is 26.7 Å². The van der Waals surface area contributed by atoms with Gasteiger partial charge in [0.05, 0.1) is 18.6 Å². The van der Waals surface area contributed by atoms with Crippen molar-refractivity contribution in [3.05, 3.63) is 12.2 Å². The molecule has 1 saturated carbocycles. The first-order chi connectivity index (χ1) is 8.34. The van der Waals surface area contributed by atoms with Crippen LogP contribution < -0.4 is 0 Å². The Labute approximate surface area is 107 Å². The Morgan fingerprint density at radius 2 is 2.22 bits per heavy atom. The molecule has 0 radical (unpaired) electrons. The van der Waals surface area contributed by atoms with Gasteiger partial charge in [-0.15, -0.1) is 0 Å². The first-order valence-electron chi connectivity index (χ1n) is 5.83. The van der Waals surface area contributed by atoms with Crippen molar-refractivity contribution in [3.8, 4) is 6.07 Å². The van der Waals surface area contributed by atoms with E-state index in [-0.39, 0.29) is 25.2 Å². The summed E-state index contributed by atoms with van der Waals surface area (Å²) in [5, 5.41) is 9.24. The molecule has 0 amide bonds. The van der Waals surface area contributed by atoms with Gasteiger partial charge in [0.2, 0.25) is 0 Å². The van der Waals surface area contributed by atoms with E-state index in [0.29, 0.717) is 5.57 Å². The fourth-order valence-electron chi connectivity index (χ4n) is 2.24. The van der Waals surface area contributed by atoms with Gasteiger partial charge in [-0.1, -0.05) is 13.5 Å². The van der Waals surface area contributed by atoms with Crippen molar-refractivity contribution in [2.75, 3.05) is 12.4 Å². The molecule has 1 aliphatic rings. The maximum Gasteiger partial charge on any atom is 0.309 e. The fraction of sp³-hybridized carbons (Fsp3) is 0.667. The number of carbonyl (C=O) groups is 1. The highest BCUT2D eigenvalue weighted by molar-refractivity contribution is 7.93.